The summed E-state index contributed by atoms with van der Waals surface area (Å²) in [7, 11) is 0. The standard InChI is InChI=1S/C13H16N2O2/c1-2-13(9-6-4-3-5-7-9)8-10(16)15-12(17)11(13)14/h3-7,11H,2,8,14H2,1H3,(H,15,16,17)/t11-,13?/m0/s1. The Morgan fingerprint density at radius 1 is 1.35 bits per heavy atom. The molecule has 1 saturated heterocycles. The zero-order valence-electron chi connectivity index (χ0n) is 9.77. The van der Waals surface area contributed by atoms with Gasteiger partial charge in [0, 0.05) is 11.8 Å². The molecule has 0 aliphatic carbocycles. The summed E-state index contributed by atoms with van der Waals surface area (Å²) < 4.78 is 0. The number of carbonyl (C=O) groups is 2. The summed E-state index contributed by atoms with van der Waals surface area (Å²) in [5.74, 6) is -0.630. The van der Waals surface area contributed by atoms with Gasteiger partial charge >= 0.3 is 0 Å². The van der Waals surface area contributed by atoms with Gasteiger partial charge in [-0.05, 0) is 12.0 Å². The molecule has 1 aliphatic heterocycles. The highest BCUT2D eigenvalue weighted by molar-refractivity contribution is 6.02. The molecular formula is C13H16N2O2. The third-order valence-corrected chi connectivity index (χ3v) is 3.60. The summed E-state index contributed by atoms with van der Waals surface area (Å²) >= 11 is 0. The highest BCUT2D eigenvalue weighted by Crippen LogP contribution is 2.36. The van der Waals surface area contributed by atoms with E-state index < -0.39 is 11.5 Å². The van der Waals surface area contributed by atoms with Gasteiger partial charge in [-0.25, -0.2) is 0 Å². The number of hydrogen-bond acceptors (Lipinski definition) is 3. The molecule has 1 unspecified atom stereocenters. The Bertz CT molecular complexity index is 444. The van der Waals surface area contributed by atoms with Crippen molar-refractivity contribution in [3.8, 4) is 0 Å². The Hall–Kier alpha value is -1.68. The van der Waals surface area contributed by atoms with Crippen molar-refractivity contribution in [2.75, 3.05) is 0 Å². The third-order valence-electron chi connectivity index (χ3n) is 3.60. The highest BCUT2D eigenvalue weighted by atomic mass is 16.2. The maximum atomic E-state index is 11.7. The van der Waals surface area contributed by atoms with Gasteiger partial charge in [0.2, 0.25) is 11.8 Å². The Kier molecular flexibility index (Phi) is 2.98. The van der Waals surface area contributed by atoms with Gasteiger partial charge in [0.15, 0.2) is 0 Å². The van der Waals surface area contributed by atoms with Crippen molar-refractivity contribution in [1.82, 2.24) is 5.32 Å². The van der Waals surface area contributed by atoms with E-state index >= 15 is 0 Å². The molecule has 1 aromatic carbocycles. The van der Waals surface area contributed by atoms with Crippen molar-refractivity contribution in [1.29, 1.82) is 0 Å². The van der Waals surface area contributed by atoms with Crippen LogP contribution in [0.15, 0.2) is 30.3 Å². The largest absolute Gasteiger partial charge is 0.319 e. The Labute approximate surface area is 100 Å². The molecule has 90 valence electrons. The van der Waals surface area contributed by atoms with Crippen molar-refractivity contribution in [2.45, 2.75) is 31.2 Å². The molecule has 4 heteroatoms. The Morgan fingerprint density at radius 2 is 2.00 bits per heavy atom. The molecule has 2 atom stereocenters. The topological polar surface area (TPSA) is 72.2 Å². The van der Waals surface area contributed by atoms with E-state index in [2.05, 4.69) is 5.32 Å². The van der Waals surface area contributed by atoms with Gasteiger partial charge in [0.05, 0.1) is 6.04 Å². The number of piperidine rings is 1. The molecule has 4 nitrogen and oxygen atoms in total. The van der Waals surface area contributed by atoms with Crippen LogP contribution in [0.5, 0.6) is 0 Å². The van der Waals surface area contributed by atoms with Gasteiger partial charge in [-0.2, -0.15) is 0 Å². The molecule has 1 aliphatic rings. The number of hydrogen-bond donors (Lipinski definition) is 2. The van der Waals surface area contributed by atoms with E-state index in [9.17, 15) is 9.59 Å². The second kappa shape index (κ2) is 4.30. The lowest BCUT2D eigenvalue weighted by molar-refractivity contribution is -0.137. The van der Waals surface area contributed by atoms with Gasteiger partial charge in [-0.15, -0.1) is 0 Å². The van der Waals surface area contributed by atoms with Crippen molar-refractivity contribution >= 4 is 11.8 Å². The zero-order chi connectivity index (χ0) is 12.5. The van der Waals surface area contributed by atoms with Crippen molar-refractivity contribution in [3.63, 3.8) is 0 Å². The first-order valence-corrected chi connectivity index (χ1v) is 5.75. The first kappa shape index (κ1) is 11.8. The lowest BCUT2D eigenvalue weighted by Crippen LogP contribution is -2.61. The summed E-state index contributed by atoms with van der Waals surface area (Å²) in [6.45, 7) is 1.96. The van der Waals surface area contributed by atoms with Crippen LogP contribution in [0.1, 0.15) is 25.3 Å². The van der Waals surface area contributed by atoms with Crippen LogP contribution < -0.4 is 11.1 Å². The summed E-state index contributed by atoms with van der Waals surface area (Å²) in [6.07, 6.45) is 0.928. The van der Waals surface area contributed by atoms with Crippen molar-refractivity contribution in [3.05, 3.63) is 35.9 Å². The molecule has 17 heavy (non-hydrogen) atoms. The van der Waals surface area contributed by atoms with Gasteiger partial charge in [0.1, 0.15) is 0 Å². The minimum Gasteiger partial charge on any atom is -0.319 e. The van der Waals surface area contributed by atoms with E-state index in [0.29, 0.717) is 6.42 Å². The summed E-state index contributed by atoms with van der Waals surface area (Å²) in [6, 6.07) is 8.88. The second-order valence-electron chi connectivity index (χ2n) is 4.44. The first-order valence-electron chi connectivity index (χ1n) is 5.75. The maximum absolute atomic E-state index is 11.7. The SMILES string of the molecule is CCC1(c2ccccc2)CC(=O)NC(=O)[C@@H]1N. The zero-order valence-corrected chi connectivity index (χ0v) is 9.77. The second-order valence-corrected chi connectivity index (χ2v) is 4.44. The number of rotatable bonds is 2. The molecular weight excluding hydrogens is 216 g/mol. The normalized spacial score (nSPS) is 28.9. The fourth-order valence-corrected chi connectivity index (χ4v) is 2.51. The summed E-state index contributed by atoms with van der Waals surface area (Å²) in [5.41, 5.74) is 6.39. The number of benzene rings is 1. The van der Waals surface area contributed by atoms with E-state index in [-0.39, 0.29) is 18.2 Å². The molecule has 1 aromatic rings. The average Bonchev–Trinajstić information content (AvgIpc) is 2.35. The molecule has 1 heterocycles. The number of nitrogens with two attached hydrogens (primary N) is 1. The van der Waals surface area contributed by atoms with Gasteiger partial charge in [0.25, 0.3) is 0 Å². The van der Waals surface area contributed by atoms with Crippen LogP contribution in [0.3, 0.4) is 0 Å². The quantitative estimate of drug-likeness (QED) is 0.737. The summed E-state index contributed by atoms with van der Waals surface area (Å²) in [4.78, 5) is 23.3. The Balaban J connectivity index is 2.49. The number of imide groups is 1. The van der Waals surface area contributed by atoms with Crippen LogP contribution in [-0.4, -0.2) is 17.9 Å². The molecule has 0 aromatic heterocycles. The minimum absolute atomic E-state index is 0.248. The van der Waals surface area contributed by atoms with Gasteiger partial charge in [-0.1, -0.05) is 37.3 Å². The van der Waals surface area contributed by atoms with Crippen LogP contribution in [0, 0.1) is 0 Å². The highest BCUT2D eigenvalue weighted by Gasteiger charge is 2.46. The van der Waals surface area contributed by atoms with Crippen molar-refractivity contribution < 1.29 is 9.59 Å². The molecule has 2 rings (SSSR count). The molecule has 1 fully saturated rings. The van der Waals surface area contributed by atoms with E-state index in [1.807, 2.05) is 37.3 Å². The lowest BCUT2D eigenvalue weighted by Gasteiger charge is -2.40. The predicted molar refractivity (Wildman–Crippen MR) is 64.2 cm³/mol. The third kappa shape index (κ3) is 1.85. The van der Waals surface area contributed by atoms with E-state index in [0.717, 1.165) is 5.56 Å². The van der Waals surface area contributed by atoms with Crippen LogP contribution in [0.25, 0.3) is 0 Å². The van der Waals surface area contributed by atoms with Crippen LogP contribution in [-0.2, 0) is 15.0 Å². The van der Waals surface area contributed by atoms with Crippen LogP contribution in [0.4, 0.5) is 0 Å². The monoisotopic (exact) mass is 232 g/mol. The Morgan fingerprint density at radius 3 is 2.59 bits per heavy atom. The maximum Gasteiger partial charge on any atom is 0.244 e. The smallest absolute Gasteiger partial charge is 0.244 e. The molecule has 0 bridgehead atoms. The first-order chi connectivity index (χ1) is 8.10. The van der Waals surface area contributed by atoms with Gasteiger partial charge < -0.3 is 5.73 Å². The molecule has 0 saturated carbocycles. The van der Waals surface area contributed by atoms with Gasteiger partial charge in [-0.3, -0.25) is 14.9 Å². The number of amides is 2. The minimum atomic E-state index is -0.674. The fraction of sp³-hybridized carbons (Fsp3) is 0.385. The number of nitrogens with one attached hydrogen (secondary N) is 1. The molecule has 3 N–H and O–H groups in total. The van der Waals surface area contributed by atoms with E-state index in [4.69, 9.17) is 5.73 Å². The summed E-state index contributed by atoms with van der Waals surface area (Å²) in [5, 5.41) is 2.29. The fourth-order valence-electron chi connectivity index (χ4n) is 2.51. The molecule has 0 radical (unpaired) electrons. The van der Waals surface area contributed by atoms with E-state index in [1.54, 1.807) is 0 Å². The predicted octanol–water partition coefficient (Wildman–Crippen LogP) is 0.708. The average molecular weight is 232 g/mol. The van der Waals surface area contributed by atoms with Crippen LogP contribution >= 0.6 is 0 Å². The van der Waals surface area contributed by atoms with Crippen LogP contribution in [0.2, 0.25) is 0 Å². The number of carbonyl (C=O) groups excluding carboxylic acids is 2. The van der Waals surface area contributed by atoms with E-state index in [1.165, 1.54) is 0 Å². The lowest BCUT2D eigenvalue weighted by atomic mass is 9.68. The molecule has 0 spiro atoms. The van der Waals surface area contributed by atoms with Crippen molar-refractivity contribution in [2.24, 2.45) is 5.73 Å². The molecule has 2 amide bonds.